The highest BCUT2D eigenvalue weighted by Gasteiger charge is 2.16. The van der Waals surface area contributed by atoms with Crippen LogP contribution in [0.1, 0.15) is 64.2 Å². The molecule has 3 rings (SSSR count). The first kappa shape index (κ1) is 30.5. The molecule has 0 radical (unpaired) electrons. The Kier molecular flexibility index (Phi) is 14.1. The molecule has 1 aliphatic rings. The van der Waals surface area contributed by atoms with Gasteiger partial charge >= 0.3 is 0 Å². The fourth-order valence-electron chi connectivity index (χ4n) is 3.84. The summed E-state index contributed by atoms with van der Waals surface area (Å²) in [6.45, 7) is 21.1. The van der Waals surface area contributed by atoms with Crippen LogP contribution < -0.4 is 11.1 Å². The zero-order valence-corrected chi connectivity index (χ0v) is 22.9. The van der Waals surface area contributed by atoms with Crippen LogP contribution in [-0.4, -0.2) is 18.0 Å². The summed E-state index contributed by atoms with van der Waals surface area (Å²) in [5, 5.41) is 3.74. The van der Waals surface area contributed by atoms with Crippen LogP contribution in [-0.2, 0) is 13.0 Å². The minimum Gasteiger partial charge on any atom is -0.386 e. The molecular weight excluding hydrogens is 457 g/mol. The molecule has 0 bridgehead atoms. The monoisotopic (exact) mass is 499 g/mol. The third-order valence-electron chi connectivity index (χ3n) is 5.50. The number of piperidine rings is 1. The lowest BCUT2D eigenvalue weighted by Gasteiger charge is -2.30. The van der Waals surface area contributed by atoms with Gasteiger partial charge in [0.1, 0.15) is 5.82 Å². The smallest absolute Gasteiger partial charge is 0.123 e. The average Bonchev–Trinajstić information content (AvgIpc) is 2.81. The molecule has 1 heterocycles. The first-order valence-electron chi connectivity index (χ1n) is 12.5. The number of halogens is 2. The number of rotatable bonds is 7. The summed E-state index contributed by atoms with van der Waals surface area (Å²) in [4.78, 5) is 2.46. The summed E-state index contributed by atoms with van der Waals surface area (Å²) >= 11 is 6.20. The molecule has 3 N–H and O–H groups in total. The normalized spacial score (nSPS) is 15.5. The quantitative estimate of drug-likeness (QED) is 0.375. The molecule has 0 amide bonds. The molecule has 0 aliphatic carbocycles. The van der Waals surface area contributed by atoms with E-state index in [1.54, 1.807) is 12.1 Å². The highest BCUT2D eigenvalue weighted by Crippen LogP contribution is 2.28. The third-order valence-corrected chi connectivity index (χ3v) is 5.85. The molecule has 1 atom stereocenters. The molecule has 35 heavy (non-hydrogen) atoms. The SMILES string of the molecule is C=C(C)/C=C/c1cc(CC)c(Cl)cc1NC(=C)N.CC.C[C@H]1CCCN(Cc2ccc(F)cc2)C1. The van der Waals surface area contributed by atoms with E-state index in [0.717, 1.165) is 46.3 Å². The zero-order valence-electron chi connectivity index (χ0n) is 22.1. The summed E-state index contributed by atoms with van der Waals surface area (Å²) in [5.74, 6) is 1.05. The first-order valence-corrected chi connectivity index (χ1v) is 12.9. The van der Waals surface area contributed by atoms with E-state index in [1.165, 1.54) is 31.5 Å². The summed E-state index contributed by atoms with van der Waals surface area (Å²) in [5.41, 5.74) is 10.8. The molecule has 192 valence electrons. The van der Waals surface area contributed by atoms with Crippen LogP contribution in [0.5, 0.6) is 0 Å². The number of allylic oxidation sites excluding steroid dienone is 2. The molecule has 1 fully saturated rings. The van der Waals surface area contributed by atoms with E-state index in [9.17, 15) is 4.39 Å². The van der Waals surface area contributed by atoms with Gasteiger partial charge in [-0.15, -0.1) is 0 Å². The topological polar surface area (TPSA) is 41.3 Å². The van der Waals surface area contributed by atoms with Gasteiger partial charge in [-0.05, 0) is 79.6 Å². The van der Waals surface area contributed by atoms with Gasteiger partial charge in [-0.1, -0.05) is 82.3 Å². The Labute approximate surface area is 217 Å². The van der Waals surface area contributed by atoms with Gasteiger partial charge in [0.05, 0.1) is 5.82 Å². The third kappa shape index (κ3) is 11.6. The van der Waals surface area contributed by atoms with E-state index >= 15 is 0 Å². The molecule has 0 aromatic heterocycles. The van der Waals surface area contributed by atoms with Crippen LogP contribution >= 0.6 is 11.6 Å². The number of anilines is 1. The van der Waals surface area contributed by atoms with E-state index in [0.29, 0.717) is 5.82 Å². The van der Waals surface area contributed by atoms with Crippen molar-refractivity contribution in [3.05, 3.63) is 94.6 Å². The maximum Gasteiger partial charge on any atom is 0.123 e. The fourth-order valence-corrected chi connectivity index (χ4v) is 4.13. The molecule has 2 aromatic rings. The van der Waals surface area contributed by atoms with Crippen molar-refractivity contribution in [1.29, 1.82) is 0 Å². The summed E-state index contributed by atoms with van der Waals surface area (Å²) in [6.07, 6.45) is 7.47. The van der Waals surface area contributed by atoms with Crippen LogP contribution in [0.4, 0.5) is 10.1 Å². The molecular formula is C30H43ClFN3. The van der Waals surface area contributed by atoms with Gasteiger partial charge in [-0.2, -0.15) is 0 Å². The number of benzene rings is 2. The molecule has 1 aliphatic heterocycles. The van der Waals surface area contributed by atoms with E-state index < -0.39 is 0 Å². The highest BCUT2D eigenvalue weighted by atomic mass is 35.5. The first-order chi connectivity index (χ1) is 16.7. The van der Waals surface area contributed by atoms with Gasteiger partial charge < -0.3 is 11.1 Å². The molecule has 0 unspecified atom stereocenters. The average molecular weight is 500 g/mol. The second kappa shape index (κ2) is 16.2. The predicted molar refractivity (Wildman–Crippen MR) is 153 cm³/mol. The maximum absolute atomic E-state index is 12.7. The number of nitrogens with one attached hydrogen (secondary N) is 1. The Morgan fingerprint density at radius 2 is 1.89 bits per heavy atom. The number of aryl methyl sites for hydroxylation is 1. The van der Waals surface area contributed by atoms with Crippen LogP contribution in [0.15, 0.2) is 67.0 Å². The van der Waals surface area contributed by atoms with Crippen molar-refractivity contribution in [2.75, 3.05) is 18.4 Å². The molecule has 2 aromatic carbocycles. The van der Waals surface area contributed by atoms with Gasteiger partial charge in [-0.3, -0.25) is 4.90 Å². The zero-order chi connectivity index (χ0) is 26.4. The standard InChI is InChI=1S/C15H19ClN2.C13H18FN.C2H6/c1-5-12-8-13(7-6-10(2)3)15(9-14(12)16)18-11(4)17;1-11-3-2-8-15(9-11)10-12-4-6-13(14)7-5-12;1-2/h6-9,18H,2,4-5,17H2,1,3H3;4-7,11H,2-3,8-10H2,1H3;1-2H3/b7-6+;;/t;11-;/m.0./s1. The second-order valence-corrected chi connectivity index (χ2v) is 9.23. The molecule has 3 nitrogen and oxygen atoms in total. The van der Waals surface area contributed by atoms with Crippen molar-refractivity contribution in [1.82, 2.24) is 4.90 Å². The highest BCUT2D eigenvalue weighted by molar-refractivity contribution is 6.31. The minimum absolute atomic E-state index is 0.147. The van der Waals surface area contributed by atoms with Gasteiger partial charge in [0.25, 0.3) is 0 Å². The van der Waals surface area contributed by atoms with Crippen molar-refractivity contribution in [2.45, 2.75) is 60.4 Å². The largest absolute Gasteiger partial charge is 0.386 e. The summed E-state index contributed by atoms with van der Waals surface area (Å²) in [6, 6.07) is 10.8. The Hall–Kier alpha value is -2.56. The number of likely N-dealkylation sites (tertiary alicyclic amines) is 1. The number of hydrogen-bond acceptors (Lipinski definition) is 3. The maximum atomic E-state index is 12.7. The van der Waals surface area contributed by atoms with Crippen LogP contribution in [0.2, 0.25) is 5.02 Å². The van der Waals surface area contributed by atoms with E-state index in [-0.39, 0.29) is 5.82 Å². The number of nitrogens with zero attached hydrogens (tertiary/aromatic N) is 1. The lowest BCUT2D eigenvalue weighted by molar-refractivity contribution is 0.176. The van der Waals surface area contributed by atoms with Gasteiger partial charge in [0, 0.05) is 23.8 Å². The Bertz CT molecular complexity index is 966. The molecule has 1 saturated heterocycles. The van der Waals surface area contributed by atoms with Gasteiger partial charge in [0.15, 0.2) is 0 Å². The molecule has 0 spiro atoms. The second-order valence-electron chi connectivity index (χ2n) is 8.82. The fraction of sp³-hybridized carbons (Fsp3) is 0.400. The number of nitrogens with two attached hydrogens (primary N) is 1. The molecule has 5 heteroatoms. The van der Waals surface area contributed by atoms with E-state index in [1.807, 2.05) is 57.2 Å². The Balaban J connectivity index is 0.000000331. The van der Waals surface area contributed by atoms with Crippen LogP contribution in [0.25, 0.3) is 6.08 Å². The summed E-state index contributed by atoms with van der Waals surface area (Å²) in [7, 11) is 0. The predicted octanol–water partition coefficient (Wildman–Crippen LogP) is 8.42. The van der Waals surface area contributed by atoms with Crippen molar-refractivity contribution in [3.8, 4) is 0 Å². The number of hydrogen-bond donors (Lipinski definition) is 2. The lowest BCUT2D eigenvalue weighted by Crippen LogP contribution is -2.33. The lowest BCUT2D eigenvalue weighted by atomic mass is 10.00. The van der Waals surface area contributed by atoms with Gasteiger partial charge in [-0.25, -0.2) is 4.39 Å². The minimum atomic E-state index is -0.147. The van der Waals surface area contributed by atoms with Crippen molar-refractivity contribution >= 4 is 23.4 Å². The van der Waals surface area contributed by atoms with Crippen molar-refractivity contribution in [3.63, 3.8) is 0 Å². The van der Waals surface area contributed by atoms with E-state index in [4.69, 9.17) is 17.3 Å². The van der Waals surface area contributed by atoms with E-state index in [2.05, 4.69) is 37.2 Å². The van der Waals surface area contributed by atoms with Crippen molar-refractivity contribution in [2.24, 2.45) is 11.7 Å². The Morgan fingerprint density at radius 3 is 2.43 bits per heavy atom. The summed E-state index contributed by atoms with van der Waals surface area (Å²) < 4.78 is 12.7. The van der Waals surface area contributed by atoms with Crippen molar-refractivity contribution < 1.29 is 4.39 Å². The van der Waals surface area contributed by atoms with Crippen LogP contribution in [0, 0.1) is 11.7 Å². The Morgan fingerprint density at radius 1 is 1.23 bits per heavy atom. The van der Waals surface area contributed by atoms with Crippen LogP contribution in [0.3, 0.4) is 0 Å². The molecule has 0 saturated carbocycles. The van der Waals surface area contributed by atoms with Gasteiger partial charge in [0.2, 0.25) is 0 Å².